The lowest BCUT2D eigenvalue weighted by atomic mass is 10.0. The summed E-state index contributed by atoms with van der Waals surface area (Å²) < 4.78 is 5.88. The predicted octanol–water partition coefficient (Wildman–Crippen LogP) is 9.36. The standard InChI is InChI=1S/C27H46O/c1-3-5-6-7-8-9-10-11-12-13-14-15-16-17-18-19-22-25-28-27-24-21-20-23-26(27)4-2/h4,20-21,23-24H,2-3,5-19,22,25H2,1H3. The quantitative estimate of drug-likeness (QED) is 0.203. The van der Waals surface area contributed by atoms with Gasteiger partial charge < -0.3 is 4.74 Å². The van der Waals surface area contributed by atoms with Crippen molar-refractivity contribution in [3.8, 4) is 5.75 Å². The molecule has 0 atom stereocenters. The van der Waals surface area contributed by atoms with Crippen molar-refractivity contribution in [3.63, 3.8) is 0 Å². The highest BCUT2D eigenvalue weighted by molar-refractivity contribution is 5.55. The lowest BCUT2D eigenvalue weighted by Gasteiger charge is -2.08. The van der Waals surface area contributed by atoms with E-state index in [4.69, 9.17) is 4.74 Å². The summed E-state index contributed by atoms with van der Waals surface area (Å²) in [7, 11) is 0. The number of hydrogen-bond acceptors (Lipinski definition) is 1. The van der Waals surface area contributed by atoms with Crippen LogP contribution >= 0.6 is 0 Å². The minimum absolute atomic E-state index is 0.823. The number of unbranched alkanes of at least 4 members (excludes halogenated alkanes) is 16. The van der Waals surface area contributed by atoms with Crippen LogP contribution in [0, 0.1) is 0 Å². The molecule has 0 saturated heterocycles. The molecule has 0 aromatic heterocycles. The highest BCUT2D eigenvalue weighted by Gasteiger charge is 1.99. The van der Waals surface area contributed by atoms with Crippen molar-refractivity contribution < 1.29 is 4.74 Å². The van der Waals surface area contributed by atoms with E-state index in [1.54, 1.807) is 0 Å². The fraction of sp³-hybridized carbons (Fsp3) is 0.704. The second-order valence-corrected chi connectivity index (χ2v) is 8.25. The molecule has 0 heterocycles. The summed E-state index contributed by atoms with van der Waals surface area (Å²) in [6.45, 7) is 6.96. The maximum atomic E-state index is 5.88. The Morgan fingerprint density at radius 1 is 0.643 bits per heavy atom. The summed E-state index contributed by atoms with van der Waals surface area (Å²) in [6, 6.07) is 8.14. The summed E-state index contributed by atoms with van der Waals surface area (Å²) in [5.41, 5.74) is 1.09. The highest BCUT2D eigenvalue weighted by atomic mass is 16.5. The van der Waals surface area contributed by atoms with Gasteiger partial charge in [0.05, 0.1) is 6.61 Å². The van der Waals surface area contributed by atoms with Gasteiger partial charge in [-0.05, 0) is 12.5 Å². The lowest BCUT2D eigenvalue weighted by Crippen LogP contribution is -1.98. The van der Waals surface area contributed by atoms with Gasteiger partial charge in [-0.3, -0.25) is 0 Å². The summed E-state index contributed by atoms with van der Waals surface area (Å²) in [4.78, 5) is 0. The van der Waals surface area contributed by atoms with E-state index in [9.17, 15) is 0 Å². The molecule has 0 aliphatic carbocycles. The average molecular weight is 387 g/mol. The minimum Gasteiger partial charge on any atom is -0.493 e. The number of rotatable bonds is 20. The Hall–Kier alpha value is -1.24. The first-order chi connectivity index (χ1) is 13.9. The summed E-state index contributed by atoms with van der Waals surface area (Å²) in [5.74, 6) is 0.967. The highest BCUT2D eigenvalue weighted by Crippen LogP contribution is 2.19. The van der Waals surface area contributed by atoms with Crippen LogP contribution in [0.2, 0.25) is 0 Å². The molecule has 1 rings (SSSR count). The van der Waals surface area contributed by atoms with Crippen LogP contribution in [-0.2, 0) is 0 Å². The molecule has 0 unspecified atom stereocenters. The van der Waals surface area contributed by atoms with Crippen molar-refractivity contribution >= 4 is 6.08 Å². The fourth-order valence-corrected chi connectivity index (χ4v) is 3.79. The molecule has 0 aliphatic heterocycles. The first kappa shape index (κ1) is 24.8. The van der Waals surface area contributed by atoms with E-state index in [1.807, 2.05) is 24.3 Å². The zero-order chi connectivity index (χ0) is 20.1. The molecule has 0 spiro atoms. The van der Waals surface area contributed by atoms with E-state index in [2.05, 4.69) is 19.6 Å². The molecule has 0 saturated carbocycles. The van der Waals surface area contributed by atoms with Gasteiger partial charge in [-0.1, -0.05) is 141 Å². The van der Waals surface area contributed by atoms with Gasteiger partial charge in [-0.2, -0.15) is 0 Å². The third-order valence-corrected chi connectivity index (χ3v) is 5.64. The number of benzene rings is 1. The Kier molecular flexibility index (Phi) is 16.9. The smallest absolute Gasteiger partial charge is 0.126 e. The Bertz CT molecular complexity index is 465. The third-order valence-electron chi connectivity index (χ3n) is 5.64. The summed E-state index contributed by atoms with van der Waals surface area (Å²) in [5, 5.41) is 0. The van der Waals surface area contributed by atoms with Gasteiger partial charge in [0.15, 0.2) is 0 Å². The van der Waals surface area contributed by atoms with E-state index in [0.717, 1.165) is 24.3 Å². The van der Waals surface area contributed by atoms with Crippen molar-refractivity contribution in [2.24, 2.45) is 0 Å². The Morgan fingerprint density at radius 2 is 1.07 bits per heavy atom. The Morgan fingerprint density at radius 3 is 1.54 bits per heavy atom. The normalized spacial score (nSPS) is 10.9. The van der Waals surface area contributed by atoms with E-state index < -0.39 is 0 Å². The first-order valence-electron chi connectivity index (χ1n) is 12.2. The van der Waals surface area contributed by atoms with Gasteiger partial charge >= 0.3 is 0 Å². The zero-order valence-electron chi connectivity index (χ0n) is 18.7. The molecule has 1 nitrogen and oxygen atoms in total. The summed E-state index contributed by atoms with van der Waals surface area (Å²) >= 11 is 0. The van der Waals surface area contributed by atoms with Crippen molar-refractivity contribution in [2.75, 3.05) is 6.61 Å². The number of ether oxygens (including phenoxy) is 1. The van der Waals surface area contributed by atoms with Gasteiger partial charge in [-0.15, -0.1) is 0 Å². The molecule has 0 N–H and O–H groups in total. The van der Waals surface area contributed by atoms with E-state index >= 15 is 0 Å². The molecular weight excluding hydrogens is 340 g/mol. The molecular formula is C27H46O. The average Bonchev–Trinajstić information content (AvgIpc) is 2.73. The van der Waals surface area contributed by atoms with Crippen LogP contribution in [0.4, 0.5) is 0 Å². The van der Waals surface area contributed by atoms with Crippen LogP contribution in [0.15, 0.2) is 30.8 Å². The zero-order valence-corrected chi connectivity index (χ0v) is 18.7. The van der Waals surface area contributed by atoms with Crippen LogP contribution in [0.3, 0.4) is 0 Å². The second kappa shape index (κ2) is 19.1. The van der Waals surface area contributed by atoms with E-state index in [0.29, 0.717) is 0 Å². The van der Waals surface area contributed by atoms with Crippen LogP contribution in [0.5, 0.6) is 5.75 Å². The third kappa shape index (κ3) is 13.9. The van der Waals surface area contributed by atoms with Crippen LogP contribution in [0.1, 0.15) is 122 Å². The van der Waals surface area contributed by atoms with Crippen LogP contribution in [0.25, 0.3) is 6.08 Å². The molecule has 0 bridgehead atoms. The monoisotopic (exact) mass is 386 g/mol. The van der Waals surface area contributed by atoms with Crippen LogP contribution < -0.4 is 4.74 Å². The number of hydrogen-bond donors (Lipinski definition) is 0. The van der Waals surface area contributed by atoms with Crippen molar-refractivity contribution in [1.82, 2.24) is 0 Å². The van der Waals surface area contributed by atoms with Gasteiger partial charge in [0.2, 0.25) is 0 Å². The largest absolute Gasteiger partial charge is 0.493 e. The molecule has 28 heavy (non-hydrogen) atoms. The lowest BCUT2D eigenvalue weighted by molar-refractivity contribution is 0.303. The van der Waals surface area contributed by atoms with Crippen molar-refractivity contribution in [3.05, 3.63) is 36.4 Å². The van der Waals surface area contributed by atoms with E-state index in [-0.39, 0.29) is 0 Å². The molecule has 0 fully saturated rings. The maximum Gasteiger partial charge on any atom is 0.126 e. The minimum atomic E-state index is 0.823. The van der Waals surface area contributed by atoms with Crippen molar-refractivity contribution in [1.29, 1.82) is 0 Å². The molecule has 1 heteroatoms. The topological polar surface area (TPSA) is 9.23 Å². The molecule has 1 aromatic carbocycles. The number of para-hydroxylation sites is 1. The Labute approximate surface area is 176 Å². The predicted molar refractivity (Wildman–Crippen MR) is 126 cm³/mol. The van der Waals surface area contributed by atoms with Gasteiger partial charge in [0.1, 0.15) is 5.75 Å². The maximum absolute atomic E-state index is 5.88. The van der Waals surface area contributed by atoms with Crippen LogP contribution in [-0.4, -0.2) is 6.61 Å². The first-order valence-corrected chi connectivity index (χ1v) is 12.2. The molecule has 0 aliphatic rings. The van der Waals surface area contributed by atoms with E-state index in [1.165, 1.54) is 103 Å². The Balaban J connectivity index is 1.77. The van der Waals surface area contributed by atoms with Gasteiger partial charge in [0, 0.05) is 5.56 Å². The van der Waals surface area contributed by atoms with Gasteiger partial charge in [-0.25, -0.2) is 0 Å². The molecule has 0 amide bonds. The van der Waals surface area contributed by atoms with Gasteiger partial charge in [0.25, 0.3) is 0 Å². The SMILES string of the molecule is C=Cc1ccccc1OCCCCCCCCCCCCCCCCCCC. The fourth-order valence-electron chi connectivity index (χ4n) is 3.79. The molecule has 160 valence electrons. The molecule has 1 aromatic rings. The second-order valence-electron chi connectivity index (χ2n) is 8.25. The molecule has 0 radical (unpaired) electrons. The van der Waals surface area contributed by atoms with Crippen molar-refractivity contribution in [2.45, 2.75) is 116 Å². The summed E-state index contributed by atoms with van der Waals surface area (Å²) in [6.07, 6.45) is 25.8.